The van der Waals surface area contributed by atoms with E-state index in [4.69, 9.17) is 14.9 Å². The first kappa shape index (κ1) is 21.5. The maximum atomic E-state index is 12.8. The van der Waals surface area contributed by atoms with Crippen LogP contribution >= 0.6 is 0 Å². The highest BCUT2D eigenvalue weighted by Gasteiger charge is 2.33. The second-order valence-corrected chi connectivity index (χ2v) is 8.35. The molecule has 1 aliphatic heterocycles. The molecule has 160 valence electrons. The van der Waals surface area contributed by atoms with Crippen molar-refractivity contribution in [2.75, 3.05) is 32.8 Å². The van der Waals surface area contributed by atoms with E-state index in [0.29, 0.717) is 11.1 Å². The first-order valence-corrected chi connectivity index (χ1v) is 10.6. The van der Waals surface area contributed by atoms with Gasteiger partial charge in [0.15, 0.2) is 0 Å². The molecule has 0 saturated carbocycles. The summed E-state index contributed by atoms with van der Waals surface area (Å²) in [7, 11) is -3.95. The number of ether oxygens (including phenoxy) is 1. The van der Waals surface area contributed by atoms with Gasteiger partial charge in [-0.05, 0) is 43.3 Å². The molecule has 11 heteroatoms. The summed E-state index contributed by atoms with van der Waals surface area (Å²) >= 11 is 0. The van der Waals surface area contributed by atoms with Crippen LogP contribution in [-0.2, 0) is 14.8 Å². The van der Waals surface area contributed by atoms with Crippen molar-refractivity contribution >= 4 is 27.8 Å². The smallest absolute Gasteiger partial charge is 0.374 e. The van der Waals surface area contributed by atoms with Crippen LogP contribution in [-0.4, -0.2) is 68.2 Å². The van der Waals surface area contributed by atoms with Crippen molar-refractivity contribution in [3.63, 3.8) is 0 Å². The number of sulfonamides is 1. The third-order valence-electron chi connectivity index (χ3n) is 4.59. The fourth-order valence-electron chi connectivity index (χ4n) is 2.99. The van der Waals surface area contributed by atoms with Gasteiger partial charge in [0.1, 0.15) is 0 Å². The number of furan rings is 1. The summed E-state index contributed by atoms with van der Waals surface area (Å²) in [5.41, 5.74) is 5.86. The van der Waals surface area contributed by atoms with E-state index in [0.717, 1.165) is 0 Å². The van der Waals surface area contributed by atoms with Gasteiger partial charge in [-0.2, -0.15) is 4.31 Å². The number of nitrogens with zero attached hydrogens (tertiary/aromatic N) is 2. The second-order valence-electron chi connectivity index (χ2n) is 6.48. The van der Waals surface area contributed by atoms with Gasteiger partial charge in [0.2, 0.25) is 16.8 Å². The number of amides is 2. The number of esters is 1. The molecular formula is C19H21N3O7S. The van der Waals surface area contributed by atoms with Gasteiger partial charge in [0.05, 0.1) is 6.61 Å². The van der Waals surface area contributed by atoms with Crippen LogP contribution in [0, 0.1) is 0 Å². The monoisotopic (exact) mass is 435 g/mol. The maximum Gasteiger partial charge on any atom is 0.374 e. The van der Waals surface area contributed by atoms with Gasteiger partial charge in [0.25, 0.3) is 15.9 Å². The molecule has 2 N–H and O–H groups in total. The second kappa shape index (κ2) is 8.67. The first-order valence-electron chi connectivity index (χ1n) is 9.20. The largest absolute Gasteiger partial charge is 0.460 e. The van der Waals surface area contributed by atoms with Gasteiger partial charge in [-0.3, -0.25) is 9.59 Å². The van der Waals surface area contributed by atoms with E-state index in [1.165, 1.54) is 45.6 Å². The summed E-state index contributed by atoms with van der Waals surface area (Å²) in [6, 6.07) is 8.40. The summed E-state index contributed by atoms with van der Waals surface area (Å²) in [5, 5.41) is -0.354. The number of hydrogen-bond donors (Lipinski definition) is 1. The molecule has 2 heterocycles. The minimum atomic E-state index is -3.95. The fraction of sp³-hybridized carbons (Fsp3) is 0.316. The molecular weight excluding hydrogens is 414 g/mol. The molecule has 1 aromatic carbocycles. The van der Waals surface area contributed by atoms with Gasteiger partial charge in [-0.1, -0.05) is 0 Å². The minimum Gasteiger partial charge on any atom is -0.460 e. The zero-order valence-electron chi connectivity index (χ0n) is 16.2. The average molecular weight is 435 g/mol. The van der Waals surface area contributed by atoms with Crippen molar-refractivity contribution in [3.05, 3.63) is 53.3 Å². The molecule has 10 nitrogen and oxygen atoms in total. The molecule has 3 rings (SSSR count). The molecule has 0 bridgehead atoms. The Bertz CT molecular complexity index is 1050. The lowest BCUT2D eigenvalue weighted by molar-refractivity contribution is 0.0482. The summed E-state index contributed by atoms with van der Waals surface area (Å²) in [4.78, 5) is 37.0. The summed E-state index contributed by atoms with van der Waals surface area (Å²) in [6.45, 7) is 2.28. The molecule has 1 aromatic heterocycles. The number of rotatable bonds is 6. The zero-order valence-corrected chi connectivity index (χ0v) is 17.1. The summed E-state index contributed by atoms with van der Waals surface area (Å²) in [6.07, 6.45) is 0. The number of carbonyl (C=O) groups excluding carboxylic acids is 3. The number of nitrogens with two attached hydrogens (primary N) is 1. The molecule has 0 atom stereocenters. The minimum absolute atomic E-state index is 0.0723. The van der Waals surface area contributed by atoms with Crippen molar-refractivity contribution in [1.82, 2.24) is 9.21 Å². The van der Waals surface area contributed by atoms with Crippen molar-refractivity contribution < 1.29 is 32.0 Å². The Hall–Kier alpha value is -3.18. The predicted molar refractivity (Wildman–Crippen MR) is 104 cm³/mol. The maximum absolute atomic E-state index is 12.8. The Labute approximate surface area is 173 Å². The van der Waals surface area contributed by atoms with Crippen LogP contribution in [0.5, 0.6) is 0 Å². The molecule has 0 radical (unpaired) electrons. The van der Waals surface area contributed by atoms with Gasteiger partial charge < -0.3 is 19.8 Å². The van der Waals surface area contributed by atoms with E-state index in [1.807, 2.05) is 0 Å². The van der Waals surface area contributed by atoms with E-state index >= 15 is 0 Å². The van der Waals surface area contributed by atoms with Crippen LogP contribution in [0.15, 0.2) is 45.9 Å². The Balaban J connectivity index is 1.65. The van der Waals surface area contributed by atoms with E-state index in [1.54, 1.807) is 6.92 Å². The average Bonchev–Trinajstić information content (AvgIpc) is 3.25. The van der Waals surface area contributed by atoms with Crippen molar-refractivity contribution in [2.45, 2.75) is 12.0 Å². The first-order chi connectivity index (χ1) is 14.2. The fourth-order valence-corrected chi connectivity index (χ4v) is 4.32. The third-order valence-corrected chi connectivity index (χ3v) is 6.37. The van der Waals surface area contributed by atoms with Crippen molar-refractivity contribution in [3.8, 4) is 0 Å². The molecule has 30 heavy (non-hydrogen) atoms. The van der Waals surface area contributed by atoms with Crippen LogP contribution in [0.4, 0.5) is 0 Å². The number of primary amides is 1. The number of benzene rings is 1. The van der Waals surface area contributed by atoms with Gasteiger partial charge >= 0.3 is 5.97 Å². The van der Waals surface area contributed by atoms with E-state index < -0.39 is 21.9 Å². The highest BCUT2D eigenvalue weighted by molar-refractivity contribution is 7.89. The Morgan fingerprint density at radius 3 is 2.17 bits per heavy atom. The molecule has 1 fully saturated rings. The summed E-state index contributed by atoms with van der Waals surface area (Å²) < 4.78 is 36.7. The molecule has 0 aliphatic carbocycles. The molecule has 0 spiro atoms. The quantitative estimate of drug-likeness (QED) is 0.659. The van der Waals surface area contributed by atoms with Gasteiger partial charge in [0, 0.05) is 37.3 Å². The number of piperazine rings is 1. The molecule has 2 amide bonds. The normalized spacial score (nSPS) is 15.0. The van der Waals surface area contributed by atoms with E-state index in [-0.39, 0.29) is 49.5 Å². The SMILES string of the molecule is CCOC(=O)c1ccc(S(=O)(=O)N2CCN(C(=O)c3ccc(C(N)=O)cc3)CC2)o1. The van der Waals surface area contributed by atoms with Crippen LogP contribution in [0.2, 0.25) is 0 Å². The van der Waals surface area contributed by atoms with Gasteiger partial charge in [-0.25, -0.2) is 13.2 Å². The van der Waals surface area contributed by atoms with Crippen LogP contribution in [0.25, 0.3) is 0 Å². The Kier molecular flexibility index (Phi) is 6.22. The third kappa shape index (κ3) is 4.36. The van der Waals surface area contributed by atoms with Crippen LogP contribution in [0.3, 0.4) is 0 Å². The van der Waals surface area contributed by atoms with E-state index in [2.05, 4.69) is 0 Å². The van der Waals surface area contributed by atoms with Crippen molar-refractivity contribution in [1.29, 1.82) is 0 Å². The van der Waals surface area contributed by atoms with Gasteiger partial charge in [-0.15, -0.1) is 0 Å². The molecule has 1 saturated heterocycles. The number of carbonyl (C=O) groups is 3. The van der Waals surface area contributed by atoms with E-state index in [9.17, 15) is 22.8 Å². The molecule has 1 aliphatic rings. The lowest BCUT2D eigenvalue weighted by Crippen LogP contribution is -2.50. The zero-order chi connectivity index (χ0) is 21.9. The lowest BCUT2D eigenvalue weighted by Gasteiger charge is -2.33. The number of hydrogen-bond acceptors (Lipinski definition) is 7. The lowest BCUT2D eigenvalue weighted by atomic mass is 10.1. The Morgan fingerprint density at radius 2 is 1.60 bits per heavy atom. The molecule has 0 unspecified atom stereocenters. The predicted octanol–water partition coefficient (Wildman–Crippen LogP) is 0.702. The Morgan fingerprint density at radius 1 is 1.00 bits per heavy atom. The molecule has 2 aromatic rings. The summed E-state index contributed by atoms with van der Waals surface area (Å²) in [5.74, 6) is -1.79. The topological polar surface area (TPSA) is 140 Å². The highest BCUT2D eigenvalue weighted by Crippen LogP contribution is 2.21. The van der Waals surface area contributed by atoms with Crippen LogP contribution in [0.1, 0.15) is 38.2 Å². The van der Waals surface area contributed by atoms with Crippen LogP contribution < -0.4 is 5.73 Å². The highest BCUT2D eigenvalue weighted by atomic mass is 32.2. The van der Waals surface area contributed by atoms with Crippen molar-refractivity contribution in [2.24, 2.45) is 5.73 Å². The standard InChI is InChI=1S/C19H21N3O7S/c1-2-28-19(25)15-7-8-16(29-15)30(26,27)22-11-9-21(10-12-22)18(24)14-5-3-13(4-6-14)17(20)23/h3-8H,2,9-12H2,1H3,(H2,20,23).